The molecule has 2 atom stereocenters. The van der Waals surface area contributed by atoms with Gasteiger partial charge in [-0.25, -0.2) is 14.3 Å². The number of carbonyl (C=O) groups is 2. The fourth-order valence-electron chi connectivity index (χ4n) is 6.25. The van der Waals surface area contributed by atoms with Crippen molar-refractivity contribution in [2.45, 2.75) is 58.5 Å². The number of esters is 1. The van der Waals surface area contributed by atoms with Crippen molar-refractivity contribution in [3.05, 3.63) is 53.9 Å². The van der Waals surface area contributed by atoms with E-state index in [1.807, 2.05) is 62.1 Å². The fraction of sp³-hybridized carbons (Fsp3) is 0.471. The predicted octanol–water partition coefficient (Wildman–Crippen LogP) is 4.38. The second-order valence-corrected chi connectivity index (χ2v) is 13.3. The predicted molar refractivity (Wildman–Crippen MR) is 175 cm³/mol. The van der Waals surface area contributed by atoms with Crippen molar-refractivity contribution in [1.29, 1.82) is 5.26 Å². The SMILES string of the molecule is CN1CCCC1COc1nc(N2CCN(C(=O)O)C(CC#N)C2)c2ncc(Cc3cc(OC(=O)C(C)(C)C)cc4ccccc34)n2n1. The molecule has 2 aliphatic heterocycles. The van der Waals surface area contributed by atoms with Gasteiger partial charge in [-0.1, -0.05) is 24.3 Å². The normalized spacial score (nSPS) is 18.9. The van der Waals surface area contributed by atoms with Gasteiger partial charge in [0.2, 0.25) is 0 Å². The number of piperazine rings is 1. The number of aromatic nitrogens is 4. The summed E-state index contributed by atoms with van der Waals surface area (Å²) in [6.07, 6.45) is 3.32. The van der Waals surface area contributed by atoms with Gasteiger partial charge in [0.1, 0.15) is 12.4 Å². The third-order valence-electron chi connectivity index (χ3n) is 8.94. The number of nitriles is 1. The van der Waals surface area contributed by atoms with Crippen molar-refractivity contribution < 1.29 is 24.2 Å². The highest BCUT2D eigenvalue weighted by atomic mass is 16.5. The Morgan fingerprint density at radius 3 is 2.66 bits per heavy atom. The highest BCUT2D eigenvalue weighted by Crippen LogP contribution is 2.31. The van der Waals surface area contributed by atoms with E-state index in [0.29, 0.717) is 36.8 Å². The minimum absolute atomic E-state index is 0.0600. The summed E-state index contributed by atoms with van der Waals surface area (Å²) in [6.45, 7) is 7.79. The average molecular weight is 641 g/mol. The quantitative estimate of drug-likeness (QED) is 0.216. The molecule has 4 aromatic rings. The summed E-state index contributed by atoms with van der Waals surface area (Å²) >= 11 is 0. The Hall–Kier alpha value is -4.96. The van der Waals surface area contributed by atoms with Gasteiger partial charge in [0, 0.05) is 32.1 Å². The molecule has 2 aromatic carbocycles. The number of benzene rings is 2. The number of imidazole rings is 1. The molecule has 1 amide bonds. The maximum atomic E-state index is 12.8. The van der Waals surface area contributed by atoms with Crippen molar-refractivity contribution in [2.75, 3.05) is 44.7 Å². The Labute approximate surface area is 273 Å². The highest BCUT2D eigenvalue weighted by molar-refractivity contribution is 5.88. The fourth-order valence-corrected chi connectivity index (χ4v) is 6.25. The zero-order valence-corrected chi connectivity index (χ0v) is 27.2. The Balaban J connectivity index is 1.39. The van der Waals surface area contributed by atoms with Crippen LogP contribution in [0.4, 0.5) is 10.6 Å². The van der Waals surface area contributed by atoms with Crippen molar-refractivity contribution >= 4 is 34.3 Å². The summed E-state index contributed by atoms with van der Waals surface area (Å²) in [5, 5.41) is 25.9. The van der Waals surface area contributed by atoms with Gasteiger partial charge in [0.25, 0.3) is 0 Å². The number of rotatable bonds is 8. The molecule has 4 heterocycles. The second kappa shape index (κ2) is 13.0. The first-order valence-corrected chi connectivity index (χ1v) is 15.9. The van der Waals surface area contributed by atoms with Crippen LogP contribution in [0.5, 0.6) is 11.8 Å². The lowest BCUT2D eigenvalue weighted by Gasteiger charge is -2.39. The molecule has 13 nitrogen and oxygen atoms in total. The Morgan fingerprint density at radius 1 is 1.13 bits per heavy atom. The van der Waals surface area contributed by atoms with E-state index >= 15 is 0 Å². The summed E-state index contributed by atoms with van der Waals surface area (Å²) in [5.74, 6) is 0.664. The van der Waals surface area contributed by atoms with Crippen LogP contribution in [0.1, 0.15) is 51.3 Å². The van der Waals surface area contributed by atoms with Crippen molar-refractivity contribution in [1.82, 2.24) is 29.4 Å². The molecule has 0 bridgehead atoms. The Morgan fingerprint density at radius 2 is 1.94 bits per heavy atom. The van der Waals surface area contributed by atoms with Crippen molar-refractivity contribution in [3.8, 4) is 17.8 Å². The minimum Gasteiger partial charge on any atom is -0.465 e. The summed E-state index contributed by atoms with van der Waals surface area (Å²) in [7, 11) is 2.08. The van der Waals surface area contributed by atoms with Crippen LogP contribution in [0.15, 0.2) is 42.6 Å². The number of carboxylic acid groups (broad SMARTS) is 1. The van der Waals surface area contributed by atoms with E-state index < -0.39 is 17.6 Å². The number of hydrogen-bond donors (Lipinski definition) is 1. The van der Waals surface area contributed by atoms with Crippen molar-refractivity contribution in [3.63, 3.8) is 0 Å². The molecule has 0 aliphatic carbocycles. The van der Waals surface area contributed by atoms with Crippen LogP contribution in [0.3, 0.4) is 0 Å². The lowest BCUT2D eigenvalue weighted by molar-refractivity contribution is -0.142. The van der Waals surface area contributed by atoms with Crippen molar-refractivity contribution in [2.24, 2.45) is 5.41 Å². The van der Waals surface area contributed by atoms with Gasteiger partial charge < -0.3 is 29.3 Å². The van der Waals surface area contributed by atoms with Crippen LogP contribution >= 0.6 is 0 Å². The smallest absolute Gasteiger partial charge is 0.407 e. The molecule has 6 rings (SSSR count). The number of ether oxygens (including phenoxy) is 2. The van der Waals surface area contributed by atoms with E-state index in [-0.39, 0.29) is 37.5 Å². The van der Waals surface area contributed by atoms with Crippen LogP contribution in [0, 0.1) is 16.7 Å². The topological polar surface area (TPSA) is 149 Å². The largest absolute Gasteiger partial charge is 0.465 e. The molecular formula is C34H40N8O5. The van der Waals surface area contributed by atoms with Gasteiger partial charge in [-0.2, -0.15) is 10.2 Å². The van der Waals surface area contributed by atoms with E-state index in [0.717, 1.165) is 41.4 Å². The lowest BCUT2D eigenvalue weighted by Crippen LogP contribution is -2.55. The average Bonchev–Trinajstić information content (AvgIpc) is 3.64. The van der Waals surface area contributed by atoms with E-state index in [2.05, 4.69) is 18.0 Å². The number of carbonyl (C=O) groups excluding carboxylic acids is 1. The first-order chi connectivity index (χ1) is 22.5. The van der Waals surface area contributed by atoms with E-state index in [9.17, 15) is 20.0 Å². The Bertz CT molecular complexity index is 1840. The third-order valence-corrected chi connectivity index (χ3v) is 8.94. The summed E-state index contributed by atoms with van der Waals surface area (Å²) in [4.78, 5) is 39.7. The molecule has 2 aliphatic rings. The summed E-state index contributed by atoms with van der Waals surface area (Å²) in [5.41, 5.74) is 1.55. The molecule has 2 unspecified atom stereocenters. The number of amides is 1. The summed E-state index contributed by atoms with van der Waals surface area (Å²) in [6, 6.07) is 13.8. The minimum atomic E-state index is -1.05. The molecule has 13 heteroatoms. The molecule has 0 spiro atoms. The van der Waals surface area contributed by atoms with Gasteiger partial charge in [-0.15, -0.1) is 5.10 Å². The molecule has 0 radical (unpaired) electrons. The van der Waals surface area contributed by atoms with Gasteiger partial charge in [-0.3, -0.25) is 4.79 Å². The third kappa shape index (κ3) is 6.78. The standard InChI is InChI=1S/C34H40N8O5/c1-34(2,3)31(43)47-27-17-22-8-5-6-10-28(22)23(18-27)16-26-19-36-29-30(40-14-15-41(33(44)45)24(20-40)11-12-35)37-32(38-42(26)29)46-21-25-9-7-13-39(25)4/h5-6,8,10,17-19,24-25H,7,9,11,13-16,20-21H2,1-4H3,(H,44,45). The molecule has 47 heavy (non-hydrogen) atoms. The van der Waals surface area contributed by atoms with Gasteiger partial charge in [0.15, 0.2) is 11.5 Å². The number of likely N-dealkylation sites (tertiary alicyclic amines) is 1. The van der Waals surface area contributed by atoms with Crippen LogP contribution < -0.4 is 14.4 Å². The number of anilines is 1. The molecule has 2 saturated heterocycles. The van der Waals surface area contributed by atoms with Gasteiger partial charge in [-0.05, 0) is 75.7 Å². The van der Waals surface area contributed by atoms with Crippen LogP contribution in [0.2, 0.25) is 0 Å². The number of nitrogens with zero attached hydrogens (tertiary/aromatic N) is 8. The van der Waals surface area contributed by atoms with E-state index in [1.54, 1.807) is 10.7 Å². The zero-order chi connectivity index (χ0) is 33.3. The van der Waals surface area contributed by atoms with Crippen LogP contribution in [-0.2, 0) is 11.2 Å². The molecule has 1 N–H and O–H groups in total. The molecule has 2 aromatic heterocycles. The van der Waals surface area contributed by atoms with E-state index in [4.69, 9.17) is 24.5 Å². The lowest BCUT2D eigenvalue weighted by atomic mass is 9.97. The molecule has 246 valence electrons. The van der Waals surface area contributed by atoms with Gasteiger partial charge >= 0.3 is 18.1 Å². The maximum absolute atomic E-state index is 12.8. The molecule has 0 saturated carbocycles. The summed E-state index contributed by atoms with van der Waals surface area (Å²) < 4.78 is 13.8. The highest BCUT2D eigenvalue weighted by Gasteiger charge is 2.33. The molecular weight excluding hydrogens is 600 g/mol. The first-order valence-electron chi connectivity index (χ1n) is 15.9. The van der Waals surface area contributed by atoms with Crippen LogP contribution in [-0.4, -0.2) is 98.5 Å². The second-order valence-electron chi connectivity index (χ2n) is 13.3. The first kappa shape index (κ1) is 32.0. The van der Waals surface area contributed by atoms with Crippen LogP contribution in [0.25, 0.3) is 16.4 Å². The van der Waals surface area contributed by atoms with E-state index in [1.165, 1.54) is 4.90 Å². The molecule has 2 fully saturated rings. The monoisotopic (exact) mass is 640 g/mol. The number of hydrogen-bond acceptors (Lipinski definition) is 10. The Kier molecular flexibility index (Phi) is 8.88. The maximum Gasteiger partial charge on any atom is 0.407 e. The zero-order valence-electron chi connectivity index (χ0n) is 27.2. The van der Waals surface area contributed by atoms with Gasteiger partial charge in [0.05, 0.1) is 35.8 Å². The number of fused-ring (bicyclic) bond motifs is 2. The number of likely N-dealkylation sites (N-methyl/N-ethyl adjacent to an activating group) is 1.